The maximum atomic E-state index is 13.8. The summed E-state index contributed by atoms with van der Waals surface area (Å²) in [5.41, 5.74) is -0.847. The van der Waals surface area contributed by atoms with Crippen molar-refractivity contribution in [2.24, 2.45) is 46.3 Å². The van der Waals surface area contributed by atoms with Gasteiger partial charge in [0.05, 0.1) is 12.2 Å². The molecule has 0 aromatic rings. The van der Waals surface area contributed by atoms with Crippen LogP contribution < -0.4 is 0 Å². The van der Waals surface area contributed by atoms with Crippen molar-refractivity contribution in [3.63, 3.8) is 0 Å². The van der Waals surface area contributed by atoms with Crippen LogP contribution >= 0.6 is 0 Å². The van der Waals surface area contributed by atoms with Gasteiger partial charge in [0.1, 0.15) is 6.10 Å². The lowest BCUT2D eigenvalue weighted by Crippen LogP contribution is -2.62. The van der Waals surface area contributed by atoms with E-state index in [4.69, 9.17) is 9.29 Å². The normalized spacial score (nSPS) is 41.3. The van der Waals surface area contributed by atoms with E-state index < -0.39 is 57.7 Å². The van der Waals surface area contributed by atoms with Crippen LogP contribution in [-0.2, 0) is 29.2 Å². The molecule has 3 N–H and O–H groups in total. The molecule has 4 fully saturated rings. The Morgan fingerprint density at radius 2 is 1.70 bits per heavy atom. The van der Waals surface area contributed by atoms with Gasteiger partial charge < -0.3 is 19.7 Å². The molecule has 4 aliphatic carbocycles. The molecule has 0 amide bonds. The fourth-order valence-corrected chi connectivity index (χ4v) is 9.97. The number of fused-ring (bicyclic) bond motifs is 5. The number of alkyl halides is 5. The average Bonchev–Trinajstić information content (AvgIpc) is 3.24. The van der Waals surface area contributed by atoms with Gasteiger partial charge in [0.25, 0.3) is 12.6 Å². The van der Waals surface area contributed by atoms with E-state index in [9.17, 15) is 50.2 Å². The van der Waals surface area contributed by atoms with Gasteiger partial charge in [-0.2, -0.15) is 30.4 Å². The van der Waals surface area contributed by atoms with Gasteiger partial charge in [-0.1, -0.05) is 20.8 Å². The van der Waals surface area contributed by atoms with Gasteiger partial charge in [-0.25, -0.2) is 0 Å². The second-order valence-electron chi connectivity index (χ2n) is 13.7. The minimum atomic E-state index is -6.53. The molecule has 0 aromatic heterocycles. The van der Waals surface area contributed by atoms with Gasteiger partial charge in [0, 0.05) is 6.42 Å². The number of esters is 1. The van der Waals surface area contributed by atoms with Crippen molar-refractivity contribution in [3.8, 4) is 0 Å². The molecular formula is C28H41F5O9S. The minimum absolute atomic E-state index is 0.0271. The van der Waals surface area contributed by atoms with Crippen molar-refractivity contribution < 1.29 is 64.2 Å². The topological polar surface area (TPSA) is 147 Å². The maximum Gasteiger partial charge on any atom is 0.432 e. The molecule has 0 aliphatic heterocycles. The molecule has 9 nitrogen and oxygen atoms in total. The smallest absolute Gasteiger partial charge is 0.432 e. The fraction of sp³-hybridized carbons (Fsp3) is 0.929. The summed E-state index contributed by atoms with van der Waals surface area (Å²) < 4.78 is 107. The first-order chi connectivity index (χ1) is 19.7. The first-order valence-electron chi connectivity index (χ1n) is 14.8. The number of rotatable bonds is 9. The maximum absolute atomic E-state index is 13.8. The number of ether oxygens (including phenoxy) is 2. The van der Waals surface area contributed by atoms with E-state index in [1.807, 2.05) is 6.92 Å². The highest BCUT2D eigenvalue weighted by atomic mass is 32.2. The van der Waals surface area contributed by atoms with E-state index in [1.54, 1.807) is 6.92 Å². The van der Waals surface area contributed by atoms with Crippen LogP contribution in [0.15, 0.2) is 0 Å². The van der Waals surface area contributed by atoms with Crippen LogP contribution in [-0.4, -0.2) is 71.5 Å². The zero-order valence-electron chi connectivity index (χ0n) is 24.3. The average molecular weight is 649 g/mol. The van der Waals surface area contributed by atoms with Crippen LogP contribution in [0.3, 0.4) is 0 Å². The lowest BCUT2D eigenvalue weighted by molar-refractivity contribution is -0.259. The van der Waals surface area contributed by atoms with Gasteiger partial charge in [-0.3, -0.25) is 14.1 Å². The van der Waals surface area contributed by atoms with Gasteiger partial charge in [0.15, 0.2) is 0 Å². The minimum Gasteiger partial charge on any atom is -0.465 e. The molecule has 2 unspecified atom stereocenters. The monoisotopic (exact) mass is 648 g/mol. The first-order valence-corrected chi connectivity index (χ1v) is 16.2. The molecule has 248 valence electrons. The molecule has 43 heavy (non-hydrogen) atoms. The molecule has 12 atom stereocenters. The largest absolute Gasteiger partial charge is 0.465 e. The highest BCUT2D eigenvalue weighted by Crippen LogP contribution is 2.68. The van der Waals surface area contributed by atoms with E-state index in [1.165, 1.54) is 0 Å². The summed E-state index contributed by atoms with van der Waals surface area (Å²) in [6.07, 6.45) is -8.33. The second-order valence-corrected chi connectivity index (χ2v) is 15.2. The van der Waals surface area contributed by atoms with Gasteiger partial charge >= 0.3 is 27.5 Å². The number of hydrogen-bond donors (Lipinski definition) is 3. The molecular weight excluding hydrogens is 607 g/mol. The lowest BCUT2D eigenvalue weighted by Gasteiger charge is -2.63. The number of carbonyl (C=O) groups is 2. The molecule has 4 rings (SSSR count). The van der Waals surface area contributed by atoms with Gasteiger partial charge in [0.2, 0.25) is 0 Å². The van der Waals surface area contributed by atoms with E-state index in [2.05, 4.69) is 11.7 Å². The summed E-state index contributed by atoms with van der Waals surface area (Å²) in [7, 11) is -6.53. The fourth-order valence-electron chi connectivity index (χ4n) is 9.52. The molecule has 0 spiro atoms. The van der Waals surface area contributed by atoms with Crippen molar-refractivity contribution in [1.82, 2.24) is 0 Å². The predicted molar refractivity (Wildman–Crippen MR) is 140 cm³/mol. The Morgan fingerprint density at radius 1 is 1.05 bits per heavy atom. The summed E-state index contributed by atoms with van der Waals surface area (Å²) in [4.78, 5) is 23.1. The van der Waals surface area contributed by atoms with Gasteiger partial charge in [-0.05, 0) is 97.7 Å². The quantitative estimate of drug-likeness (QED) is 0.142. The number of aliphatic hydroxyl groups is 2. The summed E-state index contributed by atoms with van der Waals surface area (Å²) in [5.74, 6) is -2.28. The van der Waals surface area contributed by atoms with E-state index in [-0.39, 0.29) is 53.4 Å². The van der Waals surface area contributed by atoms with Crippen molar-refractivity contribution in [3.05, 3.63) is 0 Å². The molecule has 0 radical (unpaired) electrons. The van der Waals surface area contributed by atoms with E-state index in [0.717, 1.165) is 6.42 Å². The highest BCUT2D eigenvalue weighted by Gasteiger charge is 2.67. The van der Waals surface area contributed by atoms with Crippen molar-refractivity contribution in [2.75, 3.05) is 0 Å². The van der Waals surface area contributed by atoms with Crippen LogP contribution in [0, 0.1) is 46.3 Å². The SMILES string of the molecule is C[C@H](CCC(=O)OC(C(F)(F)F)C(F)(F)S(=O)(=O)O)[C@H]1CC[C@H]2[C@@H]3[C@H](O)CC4C[C@H](OC=O)CC[C@]4(C)[C@H]3C[C@H](O)[C@]12C. The number of hydrogen-bond acceptors (Lipinski definition) is 8. The lowest BCUT2D eigenvalue weighted by atomic mass is 9.43. The standard InChI is InChI=1S/C28H41F5O9S/c1-14(4-7-22(37)42-24(27(29,30)31)28(32,33)43(38,39)40)17-5-6-18-23-19(12-21(36)26(17,18)3)25(2)9-8-16(41-13-34)10-15(25)11-20(23)35/h13-21,23-24,35-36H,4-12H2,1-3H3,(H,38,39,40)/t14-,15?,16-,17-,18+,19+,20-,21+,23+,24?,25+,26-/m1/s1. The van der Waals surface area contributed by atoms with Crippen molar-refractivity contribution >= 4 is 22.6 Å². The zero-order valence-corrected chi connectivity index (χ0v) is 25.1. The Balaban J connectivity index is 1.46. The Kier molecular flexibility index (Phi) is 9.29. The molecule has 4 aliphatic rings. The van der Waals surface area contributed by atoms with Crippen LogP contribution in [0.4, 0.5) is 22.0 Å². The van der Waals surface area contributed by atoms with Crippen molar-refractivity contribution in [2.45, 2.75) is 114 Å². The summed E-state index contributed by atoms with van der Waals surface area (Å²) in [6, 6.07) is 0. The number of carbonyl (C=O) groups excluding carboxylic acids is 2. The molecule has 0 aromatic carbocycles. The first kappa shape index (κ1) is 34.3. The molecule has 15 heteroatoms. The summed E-state index contributed by atoms with van der Waals surface area (Å²) >= 11 is 0. The second kappa shape index (κ2) is 11.7. The predicted octanol–water partition coefficient (Wildman–Crippen LogP) is 4.50. The number of aliphatic hydroxyl groups excluding tert-OH is 2. The zero-order chi connectivity index (χ0) is 32.3. The Morgan fingerprint density at radius 3 is 2.28 bits per heavy atom. The van der Waals surface area contributed by atoms with Crippen LogP contribution in [0.1, 0.15) is 78.6 Å². The van der Waals surface area contributed by atoms with Crippen LogP contribution in [0.5, 0.6) is 0 Å². The van der Waals surface area contributed by atoms with E-state index in [0.29, 0.717) is 45.0 Å². The highest BCUT2D eigenvalue weighted by molar-refractivity contribution is 7.86. The Hall–Kier alpha value is -1.58. The Labute approximate surface area is 247 Å². The van der Waals surface area contributed by atoms with Crippen molar-refractivity contribution in [1.29, 1.82) is 0 Å². The Bertz CT molecular complexity index is 1170. The third-order valence-corrected chi connectivity index (χ3v) is 12.6. The van der Waals surface area contributed by atoms with Crippen LogP contribution in [0.2, 0.25) is 0 Å². The molecule has 4 saturated carbocycles. The van der Waals surface area contributed by atoms with Gasteiger partial charge in [-0.15, -0.1) is 0 Å². The van der Waals surface area contributed by atoms with Crippen LogP contribution in [0.25, 0.3) is 0 Å². The summed E-state index contributed by atoms with van der Waals surface area (Å²) in [5, 5.41) is 17.3. The number of halogens is 5. The molecule has 0 saturated heterocycles. The van der Waals surface area contributed by atoms with E-state index >= 15 is 0 Å². The summed E-state index contributed by atoms with van der Waals surface area (Å²) in [6.45, 7) is 6.33. The molecule has 0 heterocycles. The molecule has 0 bridgehead atoms. The third kappa shape index (κ3) is 5.92. The third-order valence-electron chi connectivity index (χ3n) is 11.7.